The molecule has 0 bridgehead atoms. The lowest BCUT2D eigenvalue weighted by Crippen LogP contribution is -2.48. The van der Waals surface area contributed by atoms with Crippen LogP contribution in [0, 0.1) is 5.41 Å². The van der Waals surface area contributed by atoms with Crippen LogP contribution in [0.25, 0.3) is 0 Å². The van der Waals surface area contributed by atoms with Crippen LogP contribution in [0.2, 0.25) is 0 Å². The Morgan fingerprint density at radius 1 is 1.14 bits per heavy atom. The van der Waals surface area contributed by atoms with E-state index < -0.39 is 0 Å². The molecule has 0 amide bonds. The van der Waals surface area contributed by atoms with E-state index in [9.17, 15) is 0 Å². The van der Waals surface area contributed by atoms with Crippen molar-refractivity contribution in [2.24, 2.45) is 5.41 Å². The predicted octanol–water partition coefficient (Wildman–Crippen LogP) is 3.82. The molecule has 2 fully saturated rings. The highest BCUT2D eigenvalue weighted by Gasteiger charge is 2.32. The topological polar surface area (TPSA) is 15.3 Å². The lowest BCUT2D eigenvalue weighted by Gasteiger charge is -2.35. The number of benzene rings is 1. The van der Waals surface area contributed by atoms with Gasteiger partial charge in [-0.05, 0) is 49.6 Å². The minimum Gasteiger partial charge on any atom is -0.310 e. The molecule has 1 saturated heterocycles. The van der Waals surface area contributed by atoms with E-state index in [1.165, 1.54) is 50.8 Å². The van der Waals surface area contributed by atoms with Gasteiger partial charge in [0.15, 0.2) is 0 Å². The fraction of sp³-hybridized carbons (Fsp3) is 0.684. The van der Waals surface area contributed by atoms with E-state index in [1.54, 1.807) is 0 Å². The number of nitrogens with zero attached hydrogens (tertiary/aromatic N) is 1. The van der Waals surface area contributed by atoms with Crippen molar-refractivity contribution in [3.63, 3.8) is 0 Å². The van der Waals surface area contributed by atoms with Gasteiger partial charge < -0.3 is 5.32 Å². The Balaban J connectivity index is 1.49. The van der Waals surface area contributed by atoms with Crippen molar-refractivity contribution < 1.29 is 0 Å². The lowest BCUT2D eigenvalue weighted by atomic mass is 9.91. The summed E-state index contributed by atoms with van der Waals surface area (Å²) in [7, 11) is 0. The van der Waals surface area contributed by atoms with Crippen molar-refractivity contribution in [2.45, 2.75) is 64.6 Å². The molecule has 1 aliphatic carbocycles. The second kappa shape index (κ2) is 6.50. The van der Waals surface area contributed by atoms with E-state index in [0.717, 1.165) is 12.6 Å². The molecule has 1 aromatic carbocycles. The number of rotatable bonds is 4. The predicted molar refractivity (Wildman–Crippen MR) is 89.3 cm³/mol. The van der Waals surface area contributed by atoms with Crippen LogP contribution < -0.4 is 5.32 Å². The minimum absolute atomic E-state index is 0.552. The molecule has 2 heteroatoms. The number of hydrogen-bond acceptors (Lipinski definition) is 2. The van der Waals surface area contributed by atoms with Crippen molar-refractivity contribution in [3.8, 4) is 0 Å². The molecule has 21 heavy (non-hydrogen) atoms. The highest BCUT2D eigenvalue weighted by molar-refractivity contribution is 5.14. The maximum absolute atomic E-state index is 3.95. The van der Waals surface area contributed by atoms with Crippen LogP contribution in [0.3, 0.4) is 0 Å². The second-order valence-corrected chi connectivity index (χ2v) is 7.83. The number of piperidine rings is 1. The standard InChI is InChI=1S/C19H30N2/c1-19(2)11-10-17(13-19)20-18-9-6-12-21(15-18)14-16-7-4-3-5-8-16/h3-5,7-8,17-18,20H,6,9-15H2,1-2H3. The van der Waals surface area contributed by atoms with Gasteiger partial charge in [0, 0.05) is 25.2 Å². The Morgan fingerprint density at radius 2 is 1.95 bits per heavy atom. The molecule has 0 spiro atoms. The quantitative estimate of drug-likeness (QED) is 0.905. The fourth-order valence-corrected chi connectivity index (χ4v) is 4.09. The molecule has 2 atom stereocenters. The molecule has 0 radical (unpaired) electrons. The summed E-state index contributed by atoms with van der Waals surface area (Å²) in [6.07, 6.45) is 6.78. The van der Waals surface area contributed by atoms with Crippen LogP contribution in [-0.4, -0.2) is 30.1 Å². The lowest BCUT2D eigenvalue weighted by molar-refractivity contribution is 0.174. The van der Waals surface area contributed by atoms with Gasteiger partial charge in [-0.3, -0.25) is 4.90 Å². The van der Waals surface area contributed by atoms with E-state index >= 15 is 0 Å². The first-order valence-electron chi connectivity index (χ1n) is 8.63. The van der Waals surface area contributed by atoms with E-state index in [0.29, 0.717) is 11.5 Å². The second-order valence-electron chi connectivity index (χ2n) is 7.83. The molecular weight excluding hydrogens is 256 g/mol. The summed E-state index contributed by atoms with van der Waals surface area (Å²) in [4.78, 5) is 2.62. The van der Waals surface area contributed by atoms with Crippen molar-refractivity contribution in [1.29, 1.82) is 0 Å². The molecular formula is C19H30N2. The smallest absolute Gasteiger partial charge is 0.0234 e. The average Bonchev–Trinajstić information content (AvgIpc) is 2.79. The highest BCUT2D eigenvalue weighted by atomic mass is 15.2. The summed E-state index contributed by atoms with van der Waals surface area (Å²) >= 11 is 0. The molecule has 1 N–H and O–H groups in total. The molecule has 1 aromatic rings. The van der Waals surface area contributed by atoms with Crippen molar-refractivity contribution in [3.05, 3.63) is 35.9 Å². The summed E-state index contributed by atoms with van der Waals surface area (Å²) in [5.41, 5.74) is 2.00. The first-order chi connectivity index (χ1) is 10.1. The fourth-order valence-electron chi connectivity index (χ4n) is 4.09. The third kappa shape index (κ3) is 4.31. The van der Waals surface area contributed by atoms with Crippen LogP contribution in [0.15, 0.2) is 30.3 Å². The Hall–Kier alpha value is -0.860. The van der Waals surface area contributed by atoms with Crippen molar-refractivity contribution >= 4 is 0 Å². The summed E-state index contributed by atoms with van der Waals surface area (Å²) in [6, 6.07) is 12.3. The number of nitrogens with one attached hydrogen (secondary N) is 1. The Morgan fingerprint density at radius 3 is 2.67 bits per heavy atom. The maximum Gasteiger partial charge on any atom is 0.0234 e. The monoisotopic (exact) mass is 286 g/mol. The van der Waals surface area contributed by atoms with Gasteiger partial charge in [0.25, 0.3) is 0 Å². The van der Waals surface area contributed by atoms with E-state index in [1.807, 2.05) is 0 Å². The first kappa shape index (κ1) is 15.1. The van der Waals surface area contributed by atoms with Crippen LogP contribution >= 0.6 is 0 Å². The van der Waals surface area contributed by atoms with Gasteiger partial charge in [-0.1, -0.05) is 44.2 Å². The third-order valence-electron chi connectivity index (χ3n) is 5.19. The molecule has 3 rings (SSSR count). The zero-order chi connectivity index (χ0) is 14.7. The molecule has 116 valence electrons. The molecule has 0 aromatic heterocycles. The number of hydrogen-bond donors (Lipinski definition) is 1. The van der Waals surface area contributed by atoms with Crippen molar-refractivity contribution in [1.82, 2.24) is 10.2 Å². The zero-order valence-electron chi connectivity index (χ0n) is 13.6. The Kier molecular flexibility index (Phi) is 4.66. The molecule has 2 aliphatic rings. The maximum atomic E-state index is 3.95. The van der Waals surface area contributed by atoms with Crippen LogP contribution in [-0.2, 0) is 6.54 Å². The third-order valence-corrected chi connectivity index (χ3v) is 5.19. The van der Waals surface area contributed by atoms with Crippen LogP contribution in [0.5, 0.6) is 0 Å². The Bertz CT molecular complexity index is 440. The molecule has 1 heterocycles. The molecule has 2 unspecified atom stereocenters. The van der Waals surface area contributed by atoms with Gasteiger partial charge in [0.2, 0.25) is 0 Å². The van der Waals surface area contributed by atoms with Gasteiger partial charge in [-0.15, -0.1) is 0 Å². The summed E-state index contributed by atoms with van der Waals surface area (Å²) < 4.78 is 0. The summed E-state index contributed by atoms with van der Waals surface area (Å²) in [5, 5.41) is 3.95. The zero-order valence-corrected chi connectivity index (χ0v) is 13.6. The normalized spacial score (nSPS) is 29.6. The van der Waals surface area contributed by atoms with Gasteiger partial charge in [0.05, 0.1) is 0 Å². The van der Waals surface area contributed by atoms with E-state index in [4.69, 9.17) is 0 Å². The van der Waals surface area contributed by atoms with Crippen molar-refractivity contribution in [2.75, 3.05) is 13.1 Å². The van der Waals surface area contributed by atoms with Gasteiger partial charge >= 0.3 is 0 Å². The highest BCUT2D eigenvalue weighted by Crippen LogP contribution is 2.37. The largest absolute Gasteiger partial charge is 0.310 e. The van der Waals surface area contributed by atoms with Gasteiger partial charge in [-0.25, -0.2) is 0 Å². The van der Waals surface area contributed by atoms with Gasteiger partial charge in [0.1, 0.15) is 0 Å². The van der Waals surface area contributed by atoms with E-state index in [-0.39, 0.29) is 0 Å². The minimum atomic E-state index is 0.552. The van der Waals surface area contributed by atoms with Gasteiger partial charge in [-0.2, -0.15) is 0 Å². The summed E-state index contributed by atoms with van der Waals surface area (Å²) in [5.74, 6) is 0. The van der Waals surface area contributed by atoms with Crippen LogP contribution in [0.4, 0.5) is 0 Å². The number of likely N-dealkylation sites (tertiary alicyclic amines) is 1. The average molecular weight is 286 g/mol. The van der Waals surface area contributed by atoms with Crippen LogP contribution in [0.1, 0.15) is 51.5 Å². The molecule has 1 saturated carbocycles. The SMILES string of the molecule is CC1(C)CCC(NC2CCCN(Cc3ccccc3)C2)C1. The molecule has 1 aliphatic heterocycles. The Labute approximate surface area is 129 Å². The van der Waals surface area contributed by atoms with E-state index in [2.05, 4.69) is 54.4 Å². The first-order valence-corrected chi connectivity index (χ1v) is 8.63. The molecule has 2 nitrogen and oxygen atoms in total. The summed E-state index contributed by atoms with van der Waals surface area (Å²) in [6.45, 7) is 8.40.